The number of para-hydroxylation sites is 1. The minimum Gasteiger partial charge on any atom is -0.506 e. The van der Waals surface area contributed by atoms with Crippen molar-refractivity contribution < 1.29 is 5.11 Å². The second kappa shape index (κ2) is 4.13. The van der Waals surface area contributed by atoms with Crippen LogP contribution in [0.2, 0.25) is 0 Å². The second-order valence-corrected chi connectivity index (χ2v) is 4.73. The lowest BCUT2D eigenvalue weighted by Crippen LogP contribution is -2.20. The van der Waals surface area contributed by atoms with E-state index in [2.05, 4.69) is 26.0 Å². The summed E-state index contributed by atoms with van der Waals surface area (Å²) in [5.41, 5.74) is 8.32. The molecule has 0 fully saturated rings. The lowest BCUT2D eigenvalue weighted by molar-refractivity contribution is 0.475. The van der Waals surface area contributed by atoms with Crippen LogP contribution in [0, 0.1) is 0 Å². The van der Waals surface area contributed by atoms with Crippen LogP contribution in [0.5, 0.6) is 5.75 Å². The highest BCUT2D eigenvalue weighted by Gasteiger charge is 2.25. The summed E-state index contributed by atoms with van der Waals surface area (Å²) in [4.78, 5) is 0. The Morgan fingerprint density at radius 2 is 1.59 bits per heavy atom. The van der Waals surface area contributed by atoms with E-state index < -0.39 is 0 Å². The molecule has 2 heteroatoms. The molecule has 17 heavy (non-hydrogen) atoms. The standard InChI is InChI=1S/C15H17NO/c1-15(2,11-7-4-3-5-8-11)12-9-6-10-13(17)14(12)16/h3-10,17H,16H2,1-2H3. The molecule has 0 aromatic heterocycles. The van der Waals surface area contributed by atoms with E-state index >= 15 is 0 Å². The number of phenols is 1. The van der Waals surface area contributed by atoms with Crippen LogP contribution in [0.4, 0.5) is 5.69 Å². The maximum atomic E-state index is 9.69. The van der Waals surface area contributed by atoms with Crippen molar-refractivity contribution in [2.75, 3.05) is 5.73 Å². The van der Waals surface area contributed by atoms with E-state index in [4.69, 9.17) is 5.73 Å². The van der Waals surface area contributed by atoms with Crippen LogP contribution in [0.25, 0.3) is 0 Å². The van der Waals surface area contributed by atoms with E-state index in [9.17, 15) is 5.11 Å². The highest BCUT2D eigenvalue weighted by Crippen LogP contribution is 2.37. The summed E-state index contributed by atoms with van der Waals surface area (Å²) in [5.74, 6) is 0.145. The number of anilines is 1. The SMILES string of the molecule is CC(C)(c1ccccc1)c1cccc(O)c1N. The molecule has 0 aliphatic rings. The van der Waals surface area contributed by atoms with Gasteiger partial charge in [0.25, 0.3) is 0 Å². The highest BCUT2D eigenvalue weighted by atomic mass is 16.3. The van der Waals surface area contributed by atoms with Gasteiger partial charge in [-0.2, -0.15) is 0 Å². The Balaban J connectivity index is 2.56. The predicted octanol–water partition coefficient (Wildman–Crippen LogP) is 3.30. The molecule has 0 amide bonds. The molecule has 3 N–H and O–H groups in total. The molecule has 2 nitrogen and oxygen atoms in total. The molecule has 0 saturated carbocycles. The Labute approximate surface area is 102 Å². The summed E-state index contributed by atoms with van der Waals surface area (Å²) in [6.45, 7) is 4.21. The van der Waals surface area contributed by atoms with E-state index in [1.807, 2.05) is 30.3 Å². The van der Waals surface area contributed by atoms with E-state index in [1.54, 1.807) is 6.07 Å². The van der Waals surface area contributed by atoms with Crippen LogP contribution in [0.3, 0.4) is 0 Å². The van der Waals surface area contributed by atoms with Gasteiger partial charge in [-0.05, 0) is 17.2 Å². The zero-order valence-corrected chi connectivity index (χ0v) is 10.1. The molecule has 0 saturated heterocycles. The van der Waals surface area contributed by atoms with Crippen molar-refractivity contribution in [3.8, 4) is 5.75 Å². The van der Waals surface area contributed by atoms with Crippen molar-refractivity contribution in [2.45, 2.75) is 19.3 Å². The maximum Gasteiger partial charge on any atom is 0.138 e. The summed E-state index contributed by atoms with van der Waals surface area (Å²) in [6.07, 6.45) is 0. The van der Waals surface area contributed by atoms with Crippen molar-refractivity contribution in [3.63, 3.8) is 0 Å². The Morgan fingerprint density at radius 3 is 2.24 bits per heavy atom. The minimum absolute atomic E-state index is 0.145. The highest BCUT2D eigenvalue weighted by molar-refractivity contribution is 5.62. The van der Waals surface area contributed by atoms with Crippen LogP contribution in [-0.2, 0) is 5.41 Å². The van der Waals surface area contributed by atoms with Crippen LogP contribution < -0.4 is 5.73 Å². The van der Waals surface area contributed by atoms with Crippen LogP contribution in [0.15, 0.2) is 48.5 Å². The van der Waals surface area contributed by atoms with Gasteiger partial charge in [0, 0.05) is 5.41 Å². The van der Waals surface area contributed by atoms with Crippen molar-refractivity contribution in [3.05, 3.63) is 59.7 Å². The van der Waals surface area contributed by atoms with Gasteiger partial charge >= 0.3 is 0 Å². The molecule has 0 unspecified atom stereocenters. The fourth-order valence-electron chi connectivity index (χ4n) is 2.11. The van der Waals surface area contributed by atoms with Gasteiger partial charge < -0.3 is 10.8 Å². The summed E-state index contributed by atoms with van der Waals surface area (Å²) in [6, 6.07) is 15.6. The smallest absolute Gasteiger partial charge is 0.138 e. The van der Waals surface area contributed by atoms with Crippen molar-refractivity contribution >= 4 is 5.69 Å². The van der Waals surface area contributed by atoms with E-state index in [0.29, 0.717) is 5.69 Å². The molecule has 0 radical (unpaired) electrons. The Bertz CT molecular complexity index is 518. The first-order chi connectivity index (χ1) is 8.03. The molecular formula is C15H17NO. The van der Waals surface area contributed by atoms with E-state index in [1.165, 1.54) is 5.56 Å². The van der Waals surface area contributed by atoms with Gasteiger partial charge in [0.05, 0.1) is 5.69 Å². The van der Waals surface area contributed by atoms with Gasteiger partial charge in [-0.15, -0.1) is 0 Å². The number of aromatic hydroxyl groups is 1. The summed E-state index contributed by atoms with van der Waals surface area (Å²) >= 11 is 0. The van der Waals surface area contributed by atoms with Crippen molar-refractivity contribution in [1.82, 2.24) is 0 Å². The zero-order chi connectivity index (χ0) is 12.5. The minimum atomic E-state index is -0.218. The molecule has 0 bridgehead atoms. The molecule has 2 aromatic carbocycles. The molecule has 0 heterocycles. The lowest BCUT2D eigenvalue weighted by atomic mass is 9.77. The predicted molar refractivity (Wildman–Crippen MR) is 71.1 cm³/mol. The average molecular weight is 227 g/mol. The molecule has 0 spiro atoms. The molecule has 0 aliphatic carbocycles. The average Bonchev–Trinajstić information content (AvgIpc) is 2.33. The van der Waals surface area contributed by atoms with Crippen LogP contribution in [-0.4, -0.2) is 5.11 Å². The van der Waals surface area contributed by atoms with Gasteiger partial charge in [0.1, 0.15) is 5.75 Å². The monoisotopic (exact) mass is 227 g/mol. The van der Waals surface area contributed by atoms with Crippen molar-refractivity contribution in [2.24, 2.45) is 0 Å². The van der Waals surface area contributed by atoms with Crippen molar-refractivity contribution in [1.29, 1.82) is 0 Å². The number of benzene rings is 2. The third-order valence-electron chi connectivity index (χ3n) is 3.25. The number of nitrogens with two attached hydrogens (primary N) is 1. The first-order valence-electron chi connectivity index (χ1n) is 5.67. The molecular weight excluding hydrogens is 210 g/mol. The maximum absolute atomic E-state index is 9.69. The second-order valence-electron chi connectivity index (χ2n) is 4.73. The fourth-order valence-corrected chi connectivity index (χ4v) is 2.11. The van der Waals surface area contributed by atoms with Gasteiger partial charge in [0.2, 0.25) is 0 Å². The topological polar surface area (TPSA) is 46.2 Å². The normalized spacial score (nSPS) is 11.4. The third kappa shape index (κ3) is 1.98. The van der Waals surface area contributed by atoms with Crippen LogP contribution >= 0.6 is 0 Å². The number of rotatable bonds is 2. The summed E-state index contributed by atoms with van der Waals surface area (Å²) in [7, 11) is 0. The fraction of sp³-hybridized carbons (Fsp3) is 0.200. The van der Waals surface area contributed by atoms with Crippen LogP contribution in [0.1, 0.15) is 25.0 Å². The third-order valence-corrected chi connectivity index (χ3v) is 3.25. The quantitative estimate of drug-likeness (QED) is 0.610. The molecule has 0 atom stereocenters. The number of nitrogen functional groups attached to an aromatic ring is 1. The summed E-state index contributed by atoms with van der Waals surface area (Å²) in [5, 5.41) is 9.69. The number of hydrogen-bond donors (Lipinski definition) is 2. The number of phenolic OH excluding ortho intramolecular Hbond substituents is 1. The lowest BCUT2D eigenvalue weighted by Gasteiger charge is -2.27. The molecule has 2 rings (SSSR count). The molecule has 0 aliphatic heterocycles. The molecule has 2 aromatic rings. The van der Waals surface area contributed by atoms with Gasteiger partial charge in [-0.3, -0.25) is 0 Å². The molecule has 88 valence electrons. The Kier molecular flexibility index (Phi) is 2.80. The first kappa shape index (κ1) is 11.5. The Hall–Kier alpha value is -1.96. The largest absolute Gasteiger partial charge is 0.506 e. The Morgan fingerprint density at radius 1 is 0.941 bits per heavy atom. The number of hydrogen-bond acceptors (Lipinski definition) is 2. The van der Waals surface area contributed by atoms with E-state index in [0.717, 1.165) is 5.56 Å². The zero-order valence-electron chi connectivity index (χ0n) is 10.1. The first-order valence-corrected chi connectivity index (χ1v) is 5.67. The summed E-state index contributed by atoms with van der Waals surface area (Å²) < 4.78 is 0. The van der Waals surface area contributed by atoms with Gasteiger partial charge in [-0.1, -0.05) is 56.3 Å². The van der Waals surface area contributed by atoms with E-state index in [-0.39, 0.29) is 11.2 Å². The van der Waals surface area contributed by atoms with Gasteiger partial charge in [0.15, 0.2) is 0 Å². The van der Waals surface area contributed by atoms with Gasteiger partial charge in [-0.25, -0.2) is 0 Å².